The number of amides is 1. The molecule has 2 aliphatic heterocycles. The minimum absolute atomic E-state index is 0.0510. The molecule has 1 saturated heterocycles. The van der Waals surface area contributed by atoms with E-state index in [2.05, 4.69) is 17.3 Å². The summed E-state index contributed by atoms with van der Waals surface area (Å²) in [6, 6.07) is 7.67. The van der Waals surface area contributed by atoms with Crippen LogP contribution in [-0.4, -0.2) is 66.5 Å². The smallest absolute Gasteiger partial charge is 0.254 e. The minimum Gasteiger partial charge on any atom is -0.380 e. The number of rotatable bonds is 5. The molecule has 3 heterocycles. The van der Waals surface area contributed by atoms with Crippen molar-refractivity contribution >= 4 is 11.7 Å². The lowest BCUT2D eigenvalue weighted by Crippen LogP contribution is -2.37. The van der Waals surface area contributed by atoms with E-state index in [-0.39, 0.29) is 5.91 Å². The summed E-state index contributed by atoms with van der Waals surface area (Å²) in [7, 11) is 5.75. The molecule has 2 aromatic rings. The van der Waals surface area contributed by atoms with Crippen molar-refractivity contribution in [3.8, 4) is 0 Å². The van der Waals surface area contributed by atoms with Crippen molar-refractivity contribution in [2.75, 3.05) is 46.2 Å². The van der Waals surface area contributed by atoms with Gasteiger partial charge in [-0.3, -0.25) is 4.79 Å². The molecule has 0 bridgehead atoms. The average Bonchev–Trinajstić information content (AvgIpc) is 2.78. The van der Waals surface area contributed by atoms with Crippen LogP contribution in [-0.2, 0) is 24.3 Å². The number of benzene rings is 1. The number of fused-ring (bicyclic) bond motifs is 1. The van der Waals surface area contributed by atoms with Crippen LogP contribution in [0.25, 0.3) is 0 Å². The van der Waals surface area contributed by atoms with Crippen molar-refractivity contribution in [1.29, 1.82) is 0 Å². The lowest BCUT2D eigenvalue weighted by atomic mass is 9.95. The van der Waals surface area contributed by atoms with Crippen molar-refractivity contribution in [3.63, 3.8) is 0 Å². The van der Waals surface area contributed by atoms with Gasteiger partial charge in [0.1, 0.15) is 11.6 Å². The van der Waals surface area contributed by atoms with Crippen molar-refractivity contribution in [3.05, 3.63) is 52.5 Å². The number of aromatic nitrogens is 2. The first-order valence-corrected chi connectivity index (χ1v) is 10.7. The fourth-order valence-electron chi connectivity index (χ4n) is 4.37. The van der Waals surface area contributed by atoms with Gasteiger partial charge in [-0.2, -0.15) is 0 Å². The SMILES string of the molecule is CNc1nc(C2CCN(C)CC2)nc2c1CCN(C(=O)c1ccc(COC)cc1)C2. The van der Waals surface area contributed by atoms with Crippen molar-refractivity contribution in [2.24, 2.45) is 0 Å². The number of ether oxygens (including phenoxy) is 1. The predicted octanol–water partition coefficient (Wildman–Crippen LogP) is 2.67. The third-order valence-corrected chi connectivity index (χ3v) is 6.20. The molecule has 0 aliphatic carbocycles. The fraction of sp³-hybridized carbons (Fsp3) is 0.522. The Morgan fingerprint density at radius 2 is 1.90 bits per heavy atom. The molecule has 4 rings (SSSR count). The first-order chi connectivity index (χ1) is 14.6. The quantitative estimate of drug-likeness (QED) is 0.819. The van der Waals surface area contributed by atoms with Crippen molar-refractivity contribution < 1.29 is 9.53 Å². The number of carbonyl (C=O) groups excluding carboxylic acids is 1. The molecular formula is C23H31N5O2. The largest absolute Gasteiger partial charge is 0.380 e. The van der Waals surface area contributed by atoms with Gasteiger partial charge in [0.05, 0.1) is 18.8 Å². The Bertz CT molecular complexity index is 891. The Hall–Kier alpha value is -2.51. The van der Waals surface area contributed by atoms with E-state index in [1.807, 2.05) is 36.2 Å². The van der Waals surface area contributed by atoms with Gasteiger partial charge in [-0.05, 0) is 57.1 Å². The van der Waals surface area contributed by atoms with E-state index in [4.69, 9.17) is 14.7 Å². The zero-order chi connectivity index (χ0) is 21.1. The van der Waals surface area contributed by atoms with E-state index in [1.165, 1.54) is 0 Å². The number of likely N-dealkylation sites (tertiary alicyclic amines) is 1. The van der Waals surface area contributed by atoms with Crippen LogP contribution in [0, 0.1) is 0 Å². The molecular weight excluding hydrogens is 378 g/mol. The topological polar surface area (TPSA) is 70.6 Å². The van der Waals surface area contributed by atoms with E-state index < -0.39 is 0 Å². The summed E-state index contributed by atoms with van der Waals surface area (Å²) in [6.07, 6.45) is 2.93. The molecule has 2 aliphatic rings. The third-order valence-electron chi connectivity index (χ3n) is 6.20. The number of nitrogens with zero attached hydrogens (tertiary/aromatic N) is 4. The minimum atomic E-state index is 0.0510. The van der Waals surface area contributed by atoms with Gasteiger partial charge in [-0.25, -0.2) is 9.97 Å². The van der Waals surface area contributed by atoms with E-state index in [1.54, 1.807) is 7.11 Å². The zero-order valence-electron chi connectivity index (χ0n) is 18.1. The highest BCUT2D eigenvalue weighted by atomic mass is 16.5. The molecule has 1 amide bonds. The number of nitrogens with one attached hydrogen (secondary N) is 1. The Labute approximate surface area is 178 Å². The number of piperidine rings is 1. The summed E-state index contributed by atoms with van der Waals surface area (Å²) in [6.45, 7) is 3.91. The summed E-state index contributed by atoms with van der Waals surface area (Å²) >= 11 is 0. The zero-order valence-corrected chi connectivity index (χ0v) is 18.1. The number of hydrogen-bond donors (Lipinski definition) is 1. The molecule has 30 heavy (non-hydrogen) atoms. The van der Waals surface area contributed by atoms with Crippen LogP contribution >= 0.6 is 0 Å². The standard InChI is InChI=1S/C23H31N5O2/c1-24-22-19-10-13-28(23(29)18-6-4-16(5-7-18)15-30-3)14-20(19)25-21(26-22)17-8-11-27(2)12-9-17/h4-7,17H,8-15H2,1-3H3,(H,24,25,26). The first-order valence-electron chi connectivity index (χ1n) is 10.7. The van der Waals surface area contributed by atoms with E-state index >= 15 is 0 Å². The van der Waals surface area contributed by atoms with Crippen LogP contribution in [0.5, 0.6) is 0 Å². The highest BCUT2D eigenvalue weighted by molar-refractivity contribution is 5.94. The van der Waals surface area contributed by atoms with Gasteiger partial charge in [-0.15, -0.1) is 0 Å². The summed E-state index contributed by atoms with van der Waals surface area (Å²) < 4.78 is 5.15. The van der Waals surface area contributed by atoms with Gasteiger partial charge >= 0.3 is 0 Å². The molecule has 0 spiro atoms. The number of hydrogen-bond acceptors (Lipinski definition) is 6. The molecule has 7 nitrogen and oxygen atoms in total. The normalized spacial score (nSPS) is 17.6. The van der Waals surface area contributed by atoms with Crippen LogP contribution in [0.2, 0.25) is 0 Å². The predicted molar refractivity (Wildman–Crippen MR) is 117 cm³/mol. The van der Waals surface area contributed by atoms with Gasteiger partial charge in [-0.1, -0.05) is 12.1 Å². The Morgan fingerprint density at radius 3 is 2.57 bits per heavy atom. The average molecular weight is 410 g/mol. The molecule has 1 aromatic carbocycles. The van der Waals surface area contributed by atoms with Crippen LogP contribution in [0.3, 0.4) is 0 Å². The maximum Gasteiger partial charge on any atom is 0.254 e. The second-order valence-corrected chi connectivity index (χ2v) is 8.29. The molecule has 1 N–H and O–H groups in total. The van der Waals surface area contributed by atoms with Crippen LogP contribution in [0.1, 0.15) is 51.8 Å². The summed E-state index contributed by atoms with van der Waals surface area (Å²) in [4.78, 5) is 27.1. The maximum atomic E-state index is 13.1. The number of carbonyl (C=O) groups is 1. The van der Waals surface area contributed by atoms with Crippen LogP contribution in [0.15, 0.2) is 24.3 Å². The Morgan fingerprint density at radius 1 is 1.17 bits per heavy atom. The summed E-state index contributed by atoms with van der Waals surface area (Å²) in [5.74, 6) is 2.28. The molecule has 0 unspecified atom stereocenters. The Kier molecular flexibility index (Phi) is 6.29. The van der Waals surface area contributed by atoms with Gasteiger partial charge in [0.2, 0.25) is 0 Å². The fourth-order valence-corrected chi connectivity index (χ4v) is 4.37. The van der Waals surface area contributed by atoms with E-state index in [0.29, 0.717) is 31.2 Å². The van der Waals surface area contributed by atoms with E-state index in [9.17, 15) is 4.79 Å². The monoisotopic (exact) mass is 409 g/mol. The molecule has 0 atom stereocenters. The van der Waals surface area contributed by atoms with Crippen molar-refractivity contribution in [2.45, 2.75) is 38.3 Å². The lowest BCUT2D eigenvalue weighted by Gasteiger charge is -2.32. The molecule has 1 aromatic heterocycles. The molecule has 7 heteroatoms. The number of anilines is 1. The Balaban J connectivity index is 1.54. The molecule has 0 radical (unpaired) electrons. The van der Waals surface area contributed by atoms with E-state index in [0.717, 1.165) is 60.8 Å². The number of methoxy groups -OCH3 is 1. The van der Waals surface area contributed by atoms with Gasteiger partial charge in [0, 0.05) is 37.7 Å². The van der Waals surface area contributed by atoms with Crippen LogP contribution < -0.4 is 5.32 Å². The maximum absolute atomic E-state index is 13.1. The van der Waals surface area contributed by atoms with Crippen molar-refractivity contribution in [1.82, 2.24) is 19.8 Å². The van der Waals surface area contributed by atoms with Gasteiger partial charge in [0.15, 0.2) is 0 Å². The first kappa shape index (κ1) is 20.8. The highest BCUT2D eigenvalue weighted by Crippen LogP contribution is 2.30. The lowest BCUT2D eigenvalue weighted by molar-refractivity contribution is 0.0731. The molecule has 1 fully saturated rings. The summed E-state index contributed by atoms with van der Waals surface area (Å²) in [5, 5.41) is 3.26. The second kappa shape index (κ2) is 9.10. The van der Waals surface area contributed by atoms with Gasteiger partial charge < -0.3 is 19.9 Å². The van der Waals surface area contributed by atoms with Crippen LogP contribution in [0.4, 0.5) is 5.82 Å². The summed E-state index contributed by atoms with van der Waals surface area (Å²) in [5.41, 5.74) is 3.90. The van der Waals surface area contributed by atoms with Gasteiger partial charge in [0.25, 0.3) is 5.91 Å². The third kappa shape index (κ3) is 4.32. The highest BCUT2D eigenvalue weighted by Gasteiger charge is 2.28. The molecule has 0 saturated carbocycles. The second-order valence-electron chi connectivity index (χ2n) is 8.29. The molecule has 160 valence electrons.